The molecule has 0 spiro atoms. The Morgan fingerprint density at radius 1 is 1.29 bits per heavy atom. The Labute approximate surface area is 97.4 Å². The second-order valence-electron chi connectivity index (χ2n) is 3.91. The molecule has 0 heterocycles. The lowest BCUT2D eigenvalue weighted by molar-refractivity contribution is -0.0886. The van der Waals surface area contributed by atoms with Crippen LogP contribution in [0.25, 0.3) is 0 Å². The molecular formula is C12H13F3O2. The molecule has 5 heteroatoms. The zero-order valence-electron chi connectivity index (χ0n) is 9.76. The summed E-state index contributed by atoms with van der Waals surface area (Å²) in [6.07, 6.45) is -4.89. The molecule has 0 aliphatic carbocycles. The highest BCUT2D eigenvalue weighted by molar-refractivity contribution is 6.02. The Kier molecular flexibility index (Phi) is 3.80. The van der Waals surface area contributed by atoms with Gasteiger partial charge >= 0.3 is 6.18 Å². The van der Waals surface area contributed by atoms with Crippen LogP contribution in [0.2, 0.25) is 0 Å². The summed E-state index contributed by atoms with van der Waals surface area (Å²) < 4.78 is 42.1. The van der Waals surface area contributed by atoms with Crippen molar-refractivity contribution in [1.82, 2.24) is 0 Å². The van der Waals surface area contributed by atoms with E-state index in [0.717, 1.165) is 6.07 Å². The van der Waals surface area contributed by atoms with Gasteiger partial charge in [0.15, 0.2) is 0 Å². The maximum absolute atomic E-state index is 12.4. The van der Waals surface area contributed by atoms with Crippen molar-refractivity contribution < 1.29 is 22.7 Å². The highest BCUT2D eigenvalue weighted by Gasteiger charge is 2.41. The molecule has 0 aliphatic rings. The number of Topliss-reactive ketones (excluding diaryl/α,β-unsaturated/α-hetero) is 1. The monoisotopic (exact) mass is 246 g/mol. The molecule has 1 rings (SSSR count). The van der Waals surface area contributed by atoms with Crippen molar-refractivity contribution in [2.45, 2.75) is 25.9 Å². The van der Waals surface area contributed by atoms with Gasteiger partial charge in [-0.2, -0.15) is 13.2 Å². The molecule has 0 aliphatic heterocycles. The molecule has 0 fully saturated rings. The maximum atomic E-state index is 12.4. The number of alkyl halides is 3. The topological polar surface area (TPSA) is 26.3 Å². The molecule has 1 aromatic rings. The molecular weight excluding hydrogens is 233 g/mol. The lowest BCUT2D eigenvalue weighted by Crippen LogP contribution is -2.23. The van der Waals surface area contributed by atoms with Crippen LogP contribution in [-0.2, 0) is 0 Å². The molecule has 0 aromatic heterocycles. The fraction of sp³-hybridized carbons (Fsp3) is 0.417. The average molecular weight is 246 g/mol. The zero-order valence-corrected chi connectivity index (χ0v) is 9.76. The maximum Gasteiger partial charge on any atom is 0.455 e. The number of para-hydroxylation sites is 1. The second kappa shape index (κ2) is 4.77. The van der Waals surface area contributed by atoms with Crippen molar-refractivity contribution in [3.05, 3.63) is 29.3 Å². The van der Waals surface area contributed by atoms with Gasteiger partial charge in [-0.25, -0.2) is 0 Å². The van der Waals surface area contributed by atoms with Crippen LogP contribution in [-0.4, -0.2) is 19.1 Å². The molecule has 0 saturated carbocycles. The van der Waals surface area contributed by atoms with Gasteiger partial charge in [0, 0.05) is 0 Å². The minimum atomic E-state index is -4.89. The standard InChI is InChI=1S/C12H13F3O2/c1-7(2)8-5-4-6-9(10(8)17-3)11(16)12(13,14)15/h4-7H,1-3H3. The van der Waals surface area contributed by atoms with E-state index in [2.05, 4.69) is 0 Å². The van der Waals surface area contributed by atoms with E-state index in [1.165, 1.54) is 13.2 Å². The van der Waals surface area contributed by atoms with Crippen LogP contribution in [0.15, 0.2) is 18.2 Å². The van der Waals surface area contributed by atoms with E-state index in [4.69, 9.17) is 4.74 Å². The van der Waals surface area contributed by atoms with Crippen LogP contribution >= 0.6 is 0 Å². The van der Waals surface area contributed by atoms with Gasteiger partial charge < -0.3 is 4.74 Å². The van der Waals surface area contributed by atoms with Crippen molar-refractivity contribution in [2.75, 3.05) is 7.11 Å². The number of methoxy groups -OCH3 is 1. The number of ether oxygens (including phenoxy) is 1. The van der Waals surface area contributed by atoms with E-state index in [0.29, 0.717) is 5.56 Å². The van der Waals surface area contributed by atoms with Gasteiger partial charge in [0.1, 0.15) is 5.75 Å². The van der Waals surface area contributed by atoms with Crippen LogP contribution in [0.4, 0.5) is 13.2 Å². The summed E-state index contributed by atoms with van der Waals surface area (Å²) in [6, 6.07) is 4.20. The molecule has 0 unspecified atom stereocenters. The third-order valence-corrected chi connectivity index (χ3v) is 2.37. The Bertz CT molecular complexity index is 422. The summed E-state index contributed by atoms with van der Waals surface area (Å²) in [5, 5.41) is 0. The number of hydrogen-bond acceptors (Lipinski definition) is 2. The predicted octanol–water partition coefficient (Wildman–Crippen LogP) is 3.56. The molecule has 17 heavy (non-hydrogen) atoms. The molecule has 94 valence electrons. The Morgan fingerprint density at radius 2 is 1.88 bits per heavy atom. The van der Waals surface area contributed by atoms with E-state index in [1.807, 2.05) is 13.8 Å². The summed E-state index contributed by atoms with van der Waals surface area (Å²) in [4.78, 5) is 11.2. The molecule has 0 atom stereocenters. The lowest BCUT2D eigenvalue weighted by Gasteiger charge is -2.15. The number of carbonyl (C=O) groups is 1. The highest BCUT2D eigenvalue weighted by Crippen LogP contribution is 2.33. The predicted molar refractivity (Wildman–Crippen MR) is 57.5 cm³/mol. The molecule has 0 bridgehead atoms. The van der Waals surface area contributed by atoms with E-state index in [-0.39, 0.29) is 11.7 Å². The van der Waals surface area contributed by atoms with Crippen LogP contribution in [0.5, 0.6) is 5.75 Å². The van der Waals surface area contributed by atoms with Gasteiger partial charge in [-0.1, -0.05) is 26.0 Å². The van der Waals surface area contributed by atoms with Crippen molar-refractivity contribution in [2.24, 2.45) is 0 Å². The van der Waals surface area contributed by atoms with Gasteiger partial charge in [0.25, 0.3) is 5.78 Å². The number of rotatable bonds is 3. The van der Waals surface area contributed by atoms with Gasteiger partial charge in [0.2, 0.25) is 0 Å². The Hall–Kier alpha value is -1.52. The molecule has 0 radical (unpaired) electrons. The van der Waals surface area contributed by atoms with Crippen LogP contribution in [0.3, 0.4) is 0 Å². The lowest BCUT2D eigenvalue weighted by atomic mass is 9.97. The third-order valence-electron chi connectivity index (χ3n) is 2.37. The van der Waals surface area contributed by atoms with E-state index < -0.39 is 17.5 Å². The summed E-state index contributed by atoms with van der Waals surface area (Å²) in [5.41, 5.74) is 0.147. The number of halogens is 3. The molecule has 2 nitrogen and oxygen atoms in total. The zero-order chi connectivity index (χ0) is 13.2. The van der Waals surface area contributed by atoms with Gasteiger partial charge in [-0.15, -0.1) is 0 Å². The first-order valence-electron chi connectivity index (χ1n) is 5.07. The van der Waals surface area contributed by atoms with Crippen molar-refractivity contribution in [3.8, 4) is 5.75 Å². The van der Waals surface area contributed by atoms with E-state index >= 15 is 0 Å². The van der Waals surface area contributed by atoms with Crippen molar-refractivity contribution >= 4 is 5.78 Å². The van der Waals surface area contributed by atoms with Crippen molar-refractivity contribution in [1.29, 1.82) is 0 Å². The SMILES string of the molecule is COc1c(C(=O)C(F)(F)F)cccc1C(C)C. The molecule has 1 aromatic carbocycles. The fourth-order valence-electron chi connectivity index (χ4n) is 1.57. The Morgan fingerprint density at radius 3 is 2.29 bits per heavy atom. The summed E-state index contributed by atoms with van der Waals surface area (Å²) >= 11 is 0. The van der Waals surface area contributed by atoms with E-state index in [9.17, 15) is 18.0 Å². The average Bonchev–Trinajstić information content (AvgIpc) is 2.25. The molecule has 0 amide bonds. The molecule has 0 N–H and O–H groups in total. The number of carbonyl (C=O) groups excluding carboxylic acids is 1. The summed E-state index contributed by atoms with van der Waals surface area (Å²) in [5.74, 6) is -1.90. The minimum absolute atomic E-state index is 0.00447. The number of ketones is 1. The number of hydrogen-bond donors (Lipinski definition) is 0. The van der Waals surface area contributed by atoms with Crippen LogP contribution in [0.1, 0.15) is 35.7 Å². The third kappa shape index (κ3) is 2.78. The first-order chi connectivity index (χ1) is 7.79. The van der Waals surface area contributed by atoms with Gasteiger partial charge in [-0.05, 0) is 17.5 Å². The summed E-state index contributed by atoms with van der Waals surface area (Å²) in [7, 11) is 1.26. The second-order valence-corrected chi connectivity index (χ2v) is 3.91. The summed E-state index contributed by atoms with van der Waals surface area (Å²) in [6.45, 7) is 3.64. The van der Waals surface area contributed by atoms with E-state index in [1.54, 1.807) is 6.07 Å². The normalized spacial score (nSPS) is 11.7. The van der Waals surface area contributed by atoms with Gasteiger partial charge in [-0.3, -0.25) is 4.79 Å². The van der Waals surface area contributed by atoms with Crippen LogP contribution in [0, 0.1) is 0 Å². The Balaban J connectivity index is 3.35. The van der Waals surface area contributed by atoms with Crippen LogP contribution < -0.4 is 4.74 Å². The first-order valence-corrected chi connectivity index (χ1v) is 5.07. The largest absolute Gasteiger partial charge is 0.496 e. The fourth-order valence-corrected chi connectivity index (χ4v) is 1.57. The van der Waals surface area contributed by atoms with Gasteiger partial charge in [0.05, 0.1) is 12.7 Å². The highest BCUT2D eigenvalue weighted by atomic mass is 19.4. The van der Waals surface area contributed by atoms with Crippen molar-refractivity contribution in [3.63, 3.8) is 0 Å². The smallest absolute Gasteiger partial charge is 0.455 e. The number of benzene rings is 1. The first kappa shape index (κ1) is 13.5. The minimum Gasteiger partial charge on any atom is -0.496 e. The quantitative estimate of drug-likeness (QED) is 0.762. The molecule has 0 saturated heterocycles.